The Morgan fingerprint density at radius 2 is 1.75 bits per heavy atom. The van der Waals surface area contributed by atoms with E-state index in [1.807, 2.05) is 0 Å². The van der Waals surface area contributed by atoms with Crippen molar-refractivity contribution in [2.75, 3.05) is 13.7 Å². The highest BCUT2D eigenvalue weighted by Crippen LogP contribution is 2.32. The van der Waals surface area contributed by atoms with Gasteiger partial charge in [0.1, 0.15) is 5.75 Å². The van der Waals surface area contributed by atoms with Crippen LogP contribution in [0.1, 0.15) is 11.1 Å². The van der Waals surface area contributed by atoms with E-state index in [1.165, 1.54) is 30.1 Å². The Morgan fingerprint density at radius 3 is 2.38 bits per heavy atom. The number of carbonyl (C=O) groups excluding carboxylic acids is 1. The van der Waals surface area contributed by atoms with Crippen LogP contribution in [0.25, 0.3) is 0 Å². The maximum absolute atomic E-state index is 13.0. The van der Waals surface area contributed by atoms with Crippen molar-refractivity contribution in [3.63, 3.8) is 0 Å². The van der Waals surface area contributed by atoms with E-state index in [0.29, 0.717) is 5.75 Å². The van der Waals surface area contributed by atoms with E-state index in [4.69, 9.17) is 4.74 Å². The fraction of sp³-hybridized carbons (Fsp3) is 0.235. The normalized spacial score (nSPS) is 11.2. The molecule has 0 unspecified atom stereocenters. The molecule has 0 spiro atoms. The lowest BCUT2D eigenvalue weighted by Crippen LogP contribution is -2.31. The molecule has 0 saturated heterocycles. The van der Waals surface area contributed by atoms with Crippen molar-refractivity contribution < 1.29 is 22.7 Å². The zero-order valence-electron chi connectivity index (χ0n) is 12.8. The third-order valence-electron chi connectivity index (χ3n) is 3.33. The SMILES string of the molecule is CN(Cc1ccccc1C(F)(F)F)C(=O)COc1ccc(Br)cc1. The molecule has 2 aromatic rings. The van der Waals surface area contributed by atoms with Crippen molar-refractivity contribution in [2.45, 2.75) is 12.7 Å². The number of rotatable bonds is 5. The molecule has 1 amide bonds. The third-order valence-corrected chi connectivity index (χ3v) is 3.86. The highest BCUT2D eigenvalue weighted by molar-refractivity contribution is 9.10. The summed E-state index contributed by atoms with van der Waals surface area (Å²) in [6.45, 7) is -0.384. The summed E-state index contributed by atoms with van der Waals surface area (Å²) < 4.78 is 45.1. The van der Waals surface area contributed by atoms with Crippen molar-refractivity contribution in [1.82, 2.24) is 4.90 Å². The maximum atomic E-state index is 13.0. The van der Waals surface area contributed by atoms with Crippen molar-refractivity contribution in [3.8, 4) is 5.75 Å². The highest BCUT2D eigenvalue weighted by atomic mass is 79.9. The second-order valence-electron chi connectivity index (χ2n) is 5.15. The summed E-state index contributed by atoms with van der Waals surface area (Å²) in [4.78, 5) is 13.3. The number of alkyl halides is 3. The summed E-state index contributed by atoms with van der Waals surface area (Å²) in [6.07, 6.45) is -4.45. The second kappa shape index (κ2) is 7.70. The summed E-state index contributed by atoms with van der Waals surface area (Å²) in [7, 11) is 1.44. The molecule has 0 aliphatic heterocycles. The first-order chi connectivity index (χ1) is 11.3. The Bertz CT molecular complexity index is 702. The Hall–Kier alpha value is -2.02. The average molecular weight is 402 g/mol. The van der Waals surface area contributed by atoms with E-state index in [0.717, 1.165) is 10.5 Å². The molecule has 128 valence electrons. The fourth-order valence-corrected chi connectivity index (χ4v) is 2.33. The van der Waals surface area contributed by atoms with Crippen LogP contribution < -0.4 is 4.74 Å². The minimum absolute atomic E-state index is 0.0458. The van der Waals surface area contributed by atoms with Crippen LogP contribution in [-0.2, 0) is 17.5 Å². The van der Waals surface area contributed by atoms with Gasteiger partial charge in [-0.1, -0.05) is 34.1 Å². The first-order valence-corrected chi connectivity index (χ1v) is 7.84. The molecule has 0 aliphatic rings. The molecule has 3 nitrogen and oxygen atoms in total. The first-order valence-electron chi connectivity index (χ1n) is 7.05. The standard InChI is InChI=1S/C17H15BrF3NO2/c1-22(10-12-4-2-3-5-15(12)17(19,20)21)16(23)11-24-14-8-6-13(18)7-9-14/h2-9H,10-11H2,1H3. The summed E-state index contributed by atoms with van der Waals surface area (Å²) >= 11 is 3.29. The average Bonchev–Trinajstić information content (AvgIpc) is 2.53. The minimum Gasteiger partial charge on any atom is -0.484 e. The maximum Gasteiger partial charge on any atom is 0.416 e. The number of likely N-dealkylation sites (N-methyl/N-ethyl adjacent to an activating group) is 1. The molecule has 0 N–H and O–H groups in total. The van der Waals surface area contributed by atoms with Crippen LogP contribution in [0.4, 0.5) is 13.2 Å². The van der Waals surface area contributed by atoms with Gasteiger partial charge in [0.05, 0.1) is 5.56 Å². The van der Waals surface area contributed by atoms with E-state index in [-0.39, 0.29) is 18.7 Å². The molecule has 0 bridgehead atoms. The van der Waals surface area contributed by atoms with Crippen LogP contribution in [-0.4, -0.2) is 24.5 Å². The van der Waals surface area contributed by atoms with Gasteiger partial charge in [0.15, 0.2) is 6.61 Å². The van der Waals surface area contributed by atoms with E-state index in [1.54, 1.807) is 24.3 Å². The number of amides is 1. The predicted octanol–water partition coefficient (Wildman–Crippen LogP) is 4.51. The quantitative estimate of drug-likeness (QED) is 0.737. The molecule has 0 atom stereocenters. The van der Waals surface area contributed by atoms with E-state index >= 15 is 0 Å². The number of halogens is 4. The largest absolute Gasteiger partial charge is 0.484 e. The zero-order valence-corrected chi connectivity index (χ0v) is 14.4. The third kappa shape index (κ3) is 4.99. The Labute approximate surface area is 146 Å². The zero-order chi connectivity index (χ0) is 17.7. The molecule has 0 fully saturated rings. The van der Waals surface area contributed by atoms with Crippen LogP contribution in [0.15, 0.2) is 53.0 Å². The summed E-state index contributed by atoms with van der Waals surface area (Å²) in [5, 5.41) is 0. The van der Waals surface area contributed by atoms with Gasteiger partial charge in [0.25, 0.3) is 5.91 Å². The van der Waals surface area contributed by atoms with E-state index in [9.17, 15) is 18.0 Å². The lowest BCUT2D eigenvalue weighted by atomic mass is 10.1. The molecule has 24 heavy (non-hydrogen) atoms. The predicted molar refractivity (Wildman–Crippen MR) is 87.6 cm³/mol. The first kappa shape index (κ1) is 18.3. The van der Waals surface area contributed by atoms with Gasteiger partial charge in [-0.25, -0.2) is 0 Å². The Morgan fingerprint density at radius 1 is 1.12 bits per heavy atom. The van der Waals surface area contributed by atoms with Gasteiger partial charge in [0, 0.05) is 18.1 Å². The number of nitrogens with zero attached hydrogens (tertiary/aromatic N) is 1. The van der Waals surface area contributed by atoms with Gasteiger partial charge in [0.2, 0.25) is 0 Å². The number of benzene rings is 2. The number of ether oxygens (including phenoxy) is 1. The summed E-state index contributed by atoms with van der Waals surface area (Å²) in [6, 6.07) is 12.1. The highest BCUT2D eigenvalue weighted by Gasteiger charge is 2.33. The number of hydrogen-bond acceptors (Lipinski definition) is 2. The number of hydrogen-bond donors (Lipinski definition) is 0. The van der Waals surface area contributed by atoms with Crippen LogP contribution in [0, 0.1) is 0 Å². The van der Waals surface area contributed by atoms with Crippen molar-refractivity contribution in [1.29, 1.82) is 0 Å². The van der Waals surface area contributed by atoms with Crippen LogP contribution in [0.5, 0.6) is 5.75 Å². The van der Waals surface area contributed by atoms with Gasteiger partial charge in [-0.05, 0) is 35.9 Å². The lowest BCUT2D eigenvalue weighted by molar-refractivity contribution is -0.140. The Kier molecular flexibility index (Phi) is 5.88. The van der Waals surface area contributed by atoms with Gasteiger partial charge >= 0.3 is 6.18 Å². The molecule has 0 saturated carbocycles. The lowest BCUT2D eigenvalue weighted by Gasteiger charge is -2.20. The number of carbonyl (C=O) groups is 1. The second-order valence-corrected chi connectivity index (χ2v) is 6.06. The molecule has 0 aliphatic carbocycles. The summed E-state index contributed by atoms with van der Waals surface area (Å²) in [5.41, 5.74) is -0.692. The van der Waals surface area contributed by atoms with Crippen LogP contribution in [0.2, 0.25) is 0 Å². The molecular formula is C17H15BrF3NO2. The summed E-state index contributed by atoms with van der Waals surface area (Å²) in [5.74, 6) is 0.102. The topological polar surface area (TPSA) is 29.5 Å². The van der Waals surface area contributed by atoms with Crippen LogP contribution >= 0.6 is 15.9 Å². The smallest absolute Gasteiger partial charge is 0.416 e. The molecule has 0 aromatic heterocycles. The molecule has 2 aromatic carbocycles. The van der Waals surface area contributed by atoms with Crippen molar-refractivity contribution >= 4 is 21.8 Å². The minimum atomic E-state index is -4.45. The van der Waals surface area contributed by atoms with Gasteiger partial charge in [-0.2, -0.15) is 13.2 Å². The van der Waals surface area contributed by atoms with E-state index in [2.05, 4.69) is 15.9 Å². The van der Waals surface area contributed by atoms with Crippen molar-refractivity contribution in [3.05, 3.63) is 64.1 Å². The van der Waals surface area contributed by atoms with Gasteiger partial charge in [-0.15, -0.1) is 0 Å². The molecule has 2 rings (SSSR count). The van der Waals surface area contributed by atoms with Gasteiger partial charge < -0.3 is 9.64 Å². The van der Waals surface area contributed by atoms with Crippen molar-refractivity contribution in [2.24, 2.45) is 0 Å². The van der Waals surface area contributed by atoms with Gasteiger partial charge in [-0.3, -0.25) is 4.79 Å². The molecular weight excluding hydrogens is 387 g/mol. The monoisotopic (exact) mass is 401 g/mol. The fourth-order valence-electron chi connectivity index (χ4n) is 2.06. The van der Waals surface area contributed by atoms with E-state index < -0.39 is 17.6 Å². The van der Waals surface area contributed by atoms with Crippen LogP contribution in [0.3, 0.4) is 0 Å². The molecule has 0 radical (unpaired) electrons. The Balaban J connectivity index is 1.98. The molecule has 7 heteroatoms. The molecule has 0 heterocycles.